The number of esters is 1. The maximum atomic E-state index is 11.5. The van der Waals surface area contributed by atoms with Gasteiger partial charge in [-0.25, -0.2) is 4.79 Å². The molecule has 17 heavy (non-hydrogen) atoms. The SMILES string of the molecule is O=C1OCCC2=C1NCN2c1ccc(Cl)cc1. The van der Waals surface area contributed by atoms with E-state index in [-0.39, 0.29) is 5.97 Å². The minimum atomic E-state index is -0.261. The molecule has 0 saturated heterocycles. The van der Waals surface area contributed by atoms with Crippen LogP contribution in [0.5, 0.6) is 0 Å². The highest BCUT2D eigenvalue weighted by atomic mass is 35.5. The predicted molar refractivity (Wildman–Crippen MR) is 64.5 cm³/mol. The lowest BCUT2D eigenvalue weighted by Crippen LogP contribution is -2.23. The molecular formula is C12H11ClN2O2. The molecular weight excluding hydrogens is 240 g/mol. The number of cyclic esters (lactones) is 1. The minimum Gasteiger partial charge on any atom is -0.461 e. The average Bonchev–Trinajstić information content (AvgIpc) is 2.75. The second-order valence-electron chi connectivity index (χ2n) is 3.95. The van der Waals surface area contributed by atoms with E-state index in [1.165, 1.54) is 0 Å². The number of anilines is 1. The van der Waals surface area contributed by atoms with Crippen LogP contribution < -0.4 is 10.2 Å². The first-order valence-corrected chi connectivity index (χ1v) is 5.81. The van der Waals surface area contributed by atoms with E-state index in [2.05, 4.69) is 10.2 Å². The summed E-state index contributed by atoms with van der Waals surface area (Å²) in [5.41, 5.74) is 2.62. The van der Waals surface area contributed by atoms with Gasteiger partial charge in [-0.1, -0.05) is 11.6 Å². The summed E-state index contributed by atoms with van der Waals surface area (Å²) < 4.78 is 4.99. The number of halogens is 1. The first-order valence-electron chi connectivity index (χ1n) is 5.43. The predicted octanol–water partition coefficient (Wildman–Crippen LogP) is 1.87. The summed E-state index contributed by atoms with van der Waals surface area (Å²) in [5, 5.41) is 3.78. The molecule has 5 heteroatoms. The number of rotatable bonds is 1. The van der Waals surface area contributed by atoms with E-state index in [1.54, 1.807) is 0 Å². The molecule has 3 rings (SSSR count). The third-order valence-electron chi connectivity index (χ3n) is 2.94. The monoisotopic (exact) mass is 250 g/mol. The zero-order valence-electron chi connectivity index (χ0n) is 9.07. The summed E-state index contributed by atoms with van der Waals surface area (Å²) in [6.07, 6.45) is 0.747. The largest absolute Gasteiger partial charge is 0.461 e. The Morgan fingerprint density at radius 2 is 2.06 bits per heavy atom. The lowest BCUT2D eigenvalue weighted by molar-refractivity contribution is -0.140. The van der Waals surface area contributed by atoms with Gasteiger partial charge in [0.25, 0.3) is 0 Å². The summed E-state index contributed by atoms with van der Waals surface area (Å²) >= 11 is 5.86. The molecule has 0 amide bonds. The van der Waals surface area contributed by atoms with Crippen molar-refractivity contribution in [2.24, 2.45) is 0 Å². The highest BCUT2D eigenvalue weighted by molar-refractivity contribution is 6.30. The molecule has 0 unspecified atom stereocenters. The van der Waals surface area contributed by atoms with Gasteiger partial charge in [-0.15, -0.1) is 0 Å². The van der Waals surface area contributed by atoms with Crippen molar-refractivity contribution in [3.05, 3.63) is 40.7 Å². The molecule has 4 nitrogen and oxygen atoms in total. The highest BCUT2D eigenvalue weighted by Gasteiger charge is 2.31. The second-order valence-corrected chi connectivity index (χ2v) is 4.38. The summed E-state index contributed by atoms with van der Waals surface area (Å²) in [5.74, 6) is -0.261. The topological polar surface area (TPSA) is 41.6 Å². The average molecular weight is 251 g/mol. The summed E-state index contributed by atoms with van der Waals surface area (Å²) in [6, 6.07) is 7.58. The van der Waals surface area contributed by atoms with Crippen LogP contribution in [0.1, 0.15) is 6.42 Å². The lowest BCUT2D eigenvalue weighted by Gasteiger charge is -2.22. The molecule has 0 aliphatic carbocycles. The summed E-state index contributed by atoms with van der Waals surface area (Å²) in [6.45, 7) is 1.05. The van der Waals surface area contributed by atoms with Gasteiger partial charge >= 0.3 is 5.97 Å². The van der Waals surface area contributed by atoms with Crippen molar-refractivity contribution in [2.75, 3.05) is 18.2 Å². The van der Waals surface area contributed by atoms with Gasteiger partial charge in [-0.2, -0.15) is 0 Å². The molecule has 1 aromatic carbocycles. The quantitative estimate of drug-likeness (QED) is 0.773. The highest BCUT2D eigenvalue weighted by Crippen LogP contribution is 2.29. The van der Waals surface area contributed by atoms with Crippen molar-refractivity contribution in [1.82, 2.24) is 5.32 Å². The number of carbonyl (C=O) groups excluding carboxylic acids is 1. The van der Waals surface area contributed by atoms with Crippen molar-refractivity contribution < 1.29 is 9.53 Å². The number of nitrogens with one attached hydrogen (secondary N) is 1. The van der Waals surface area contributed by atoms with Gasteiger partial charge in [0.1, 0.15) is 5.70 Å². The summed E-state index contributed by atoms with van der Waals surface area (Å²) in [4.78, 5) is 13.6. The van der Waals surface area contributed by atoms with E-state index in [4.69, 9.17) is 16.3 Å². The van der Waals surface area contributed by atoms with E-state index >= 15 is 0 Å². The molecule has 1 N–H and O–H groups in total. The fourth-order valence-corrected chi connectivity index (χ4v) is 2.25. The number of nitrogens with zero attached hydrogens (tertiary/aromatic N) is 1. The maximum Gasteiger partial charge on any atom is 0.356 e. The van der Waals surface area contributed by atoms with Crippen molar-refractivity contribution in [2.45, 2.75) is 6.42 Å². The van der Waals surface area contributed by atoms with Crippen molar-refractivity contribution in [1.29, 1.82) is 0 Å². The van der Waals surface area contributed by atoms with Crippen molar-refractivity contribution >= 4 is 23.3 Å². The Kier molecular flexibility index (Phi) is 2.44. The first-order chi connectivity index (χ1) is 8.25. The smallest absolute Gasteiger partial charge is 0.356 e. The molecule has 2 aliphatic rings. The number of benzene rings is 1. The van der Waals surface area contributed by atoms with Crippen LogP contribution >= 0.6 is 11.6 Å². The molecule has 0 aromatic heterocycles. The van der Waals surface area contributed by atoms with Gasteiger partial charge in [-0.3, -0.25) is 0 Å². The van der Waals surface area contributed by atoms with Gasteiger partial charge in [-0.05, 0) is 24.3 Å². The van der Waals surface area contributed by atoms with Crippen molar-refractivity contribution in [3.63, 3.8) is 0 Å². The molecule has 0 fully saturated rings. The van der Waals surface area contributed by atoms with Crippen molar-refractivity contribution in [3.8, 4) is 0 Å². The van der Waals surface area contributed by atoms with Crippen LogP contribution in [0.4, 0.5) is 5.69 Å². The molecule has 2 aliphatic heterocycles. The molecule has 0 atom stereocenters. The van der Waals surface area contributed by atoms with Gasteiger partial charge in [0.2, 0.25) is 0 Å². The third-order valence-corrected chi connectivity index (χ3v) is 3.19. The van der Waals surface area contributed by atoms with Gasteiger partial charge in [0.05, 0.1) is 19.0 Å². The van der Waals surface area contributed by atoms with Gasteiger partial charge in [0.15, 0.2) is 0 Å². The zero-order chi connectivity index (χ0) is 11.8. The van der Waals surface area contributed by atoms with Crippen LogP contribution in [-0.2, 0) is 9.53 Å². The third kappa shape index (κ3) is 1.74. The van der Waals surface area contributed by atoms with E-state index in [9.17, 15) is 4.79 Å². The Morgan fingerprint density at radius 1 is 1.29 bits per heavy atom. The first kappa shape index (κ1) is 10.5. The minimum absolute atomic E-state index is 0.261. The standard InChI is InChI=1S/C12H11ClN2O2/c13-8-1-3-9(4-2-8)15-7-14-11-10(15)5-6-17-12(11)16/h1-4,14H,5-7H2. The number of hydrogen-bond acceptors (Lipinski definition) is 4. The number of carbonyl (C=O) groups is 1. The summed E-state index contributed by atoms with van der Waals surface area (Å²) in [7, 11) is 0. The molecule has 0 spiro atoms. The molecule has 2 heterocycles. The van der Waals surface area contributed by atoms with Crippen LogP contribution in [0.2, 0.25) is 5.02 Å². The second kappa shape index (κ2) is 3.96. The van der Waals surface area contributed by atoms with Gasteiger partial charge in [0, 0.05) is 17.1 Å². The Bertz CT molecular complexity index is 496. The Hall–Kier alpha value is -1.68. The Labute approximate surface area is 104 Å². The van der Waals surface area contributed by atoms with Gasteiger partial charge < -0.3 is 15.0 Å². The normalized spacial score (nSPS) is 18.9. The van der Waals surface area contributed by atoms with E-state index in [0.29, 0.717) is 24.0 Å². The van der Waals surface area contributed by atoms with Crippen LogP contribution in [-0.4, -0.2) is 19.2 Å². The lowest BCUT2D eigenvalue weighted by atomic mass is 10.2. The van der Waals surface area contributed by atoms with Crippen LogP contribution in [0.15, 0.2) is 35.7 Å². The van der Waals surface area contributed by atoms with Crippen LogP contribution in [0, 0.1) is 0 Å². The fraction of sp³-hybridized carbons (Fsp3) is 0.250. The van der Waals surface area contributed by atoms with E-state index in [0.717, 1.165) is 17.8 Å². The number of hydrogen-bond donors (Lipinski definition) is 1. The van der Waals surface area contributed by atoms with Crippen LogP contribution in [0.25, 0.3) is 0 Å². The zero-order valence-corrected chi connectivity index (χ0v) is 9.83. The molecule has 1 aromatic rings. The molecule has 0 bridgehead atoms. The molecule has 0 radical (unpaired) electrons. The molecule has 88 valence electrons. The number of ether oxygens (including phenoxy) is 1. The molecule has 0 saturated carbocycles. The maximum absolute atomic E-state index is 11.5. The Balaban J connectivity index is 1.95. The van der Waals surface area contributed by atoms with E-state index < -0.39 is 0 Å². The Morgan fingerprint density at radius 3 is 2.82 bits per heavy atom. The van der Waals surface area contributed by atoms with Crippen LogP contribution in [0.3, 0.4) is 0 Å². The fourth-order valence-electron chi connectivity index (χ4n) is 2.12. The van der Waals surface area contributed by atoms with E-state index in [1.807, 2.05) is 24.3 Å².